The fraction of sp³-hybridized carbons (Fsp3) is 0.269. The Balaban J connectivity index is 1.53. The van der Waals surface area contributed by atoms with E-state index in [1.807, 2.05) is 0 Å². The number of carbonyl (C=O) groups is 3. The van der Waals surface area contributed by atoms with Crippen LogP contribution in [0.5, 0.6) is 23.0 Å². The topological polar surface area (TPSA) is 174 Å². The van der Waals surface area contributed by atoms with Crippen molar-refractivity contribution in [3.05, 3.63) is 59.7 Å². The SMILES string of the molecule is O=C(/C=C/c1ccc(O)c(O)c1)OC1C(C(=O)O)N2CCC1(OC(=O)/C=C/c1ccc(O)c(O)c1)CC2. The molecule has 0 aliphatic carbocycles. The van der Waals surface area contributed by atoms with Crippen LogP contribution in [0.25, 0.3) is 12.2 Å². The molecule has 2 aromatic carbocycles. The summed E-state index contributed by atoms with van der Waals surface area (Å²) in [5, 5.41) is 47.9. The zero-order valence-corrected chi connectivity index (χ0v) is 19.5. The van der Waals surface area contributed by atoms with Gasteiger partial charge in [0.25, 0.3) is 0 Å². The molecule has 2 unspecified atom stereocenters. The van der Waals surface area contributed by atoms with Gasteiger partial charge in [0.1, 0.15) is 6.04 Å². The zero-order valence-electron chi connectivity index (χ0n) is 19.5. The number of hydrogen-bond donors (Lipinski definition) is 5. The maximum atomic E-state index is 12.7. The first-order valence-corrected chi connectivity index (χ1v) is 11.4. The number of aromatic hydroxyl groups is 4. The number of aliphatic carboxylic acids is 1. The number of fused-ring (bicyclic) bond motifs is 3. The van der Waals surface area contributed by atoms with Gasteiger partial charge < -0.3 is 35.0 Å². The normalized spacial score (nSPS) is 24.8. The van der Waals surface area contributed by atoms with Crippen molar-refractivity contribution < 1.29 is 49.4 Å². The van der Waals surface area contributed by atoms with Crippen molar-refractivity contribution >= 4 is 30.1 Å². The molecule has 3 aliphatic rings. The van der Waals surface area contributed by atoms with Gasteiger partial charge in [-0.25, -0.2) is 9.59 Å². The van der Waals surface area contributed by atoms with Crippen molar-refractivity contribution in [1.29, 1.82) is 0 Å². The second-order valence-electron chi connectivity index (χ2n) is 8.83. The van der Waals surface area contributed by atoms with Crippen molar-refractivity contribution in [3.8, 4) is 23.0 Å². The standard InChI is InChI=1S/C26H25NO10/c28-17-5-1-15(13-19(17)30)3-7-21(32)36-24-23(25(34)35)27-11-9-26(24,10-12-27)37-22(33)8-4-16-2-6-18(29)20(31)14-16/h1-8,13-14,23-24,28-31H,9-12H2,(H,34,35)/b7-3+,8-4+. The van der Waals surface area contributed by atoms with Gasteiger partial charge in [0, 0.05) is 38.1 Å². The number of phenols is 4. The van der Waals surface area contributed by atoms with Gasteiger partial charge in [-0.1, -0.05) is 12.1 Å². The third kappa shape index (κ3) is 5.51. The molecule has 37 heavy (non-hydrogen) atoms. The van der Waals surface area contributed by atoms with Gasteiger partial charge in [-0.2, -0.15) is 0 Å². The van der Waals surface area contributed by atoms with Gasteiger partial charge in [0.15, 0.2) is 34.7 Å². The maximum absolute atomic E-state index is 12.7. The van der Waals surface area contributed by atoms with Crippen LogP contribution in [0.15, 0.2) is 48.6 Å². The Labute approximate surface area is 211 Å². The van der Waals surface area contributed by atoms with Gasteiger partial charge >= 0.3 is 17.9 Å². The average molecular weight is 511 g/mol. The summed E-state index contributed by atoms with van der Waals surface area (Å²) < 4.78 is 11.3. The number of benzene rings is 2. The van der Waals surface area contributed by atoms with Crippen LogP contribution in [0.3, 0.4) is 0 Å². The minimum atomic E-state index is -1.36. The van der Waals surface area contributed by atoms with Crippen LogP contribution in [0, 0.1) is 0 Å². The van der Waals surface area contributed by atoms with E-state index in [2.05, 4.69) is 0 Å². The number of piperidine rings is 3. The van der Waals surface area contributed by atoms with Crippen molar-refractivity contribution in [1.82, 2.24) is 4.90 Å². The van der Waals surface area contributed by atoms with Crippen molar-refractivity contribution in [2.45, 2.75) is 30.6 Å². The summed E-state index contributed by atoms with van der Waals surface area (Å²) in [6.07, 6.45) is 4.07. The molecule has 3 fully saturated rings. The Hall–Kier alpha value is -4.51. The van der Waals surface area contributed by atoms with Crippen LogP contribution in [-0.2, 0) is 23.9 Å². The number of carbonyl (C=O) groups excluding carboxylic acids is 2. The second kappa shape index (κ2) is 10.2. The second-order valence-corrected chi connectivity index (χ2v) is 8.83. The summed E-state index contributed by atoms with van der Waals surface area (Å²) in [5.74, 6) is -4.25. The van der Waals surface area contributed by atoms with E-state index in [1.165, 1.54) is 48.6 Å². The molecular weight excluding hydrogens is 486 g/mol. The molecule has 0 saturated carbocycles. The molecule has 0 spiro atoms. The Morgan fingerprint density at radius 1 is 0.811 bits per heavy atom. The summed E-state index contributed by atoms with van der Waals surface area (Å²) in [6.45, 7) is 0.660. The van der Waals surface area contributed by atoms with Gasteiger partial charge in [0.2, 0.25) is 0 Å². The lowest BCUT2D eigenvalue weighted by Gasteiger charge is -2.54. The minimum Gasteiger partial charge on any atom is -0.504 e. The first kappa shape index (κ1) is 25.6. The molecule has 11 heteroatoms. The van der Waals surface area contributed by atoms with E-state index in [4.69, 9.17) is 9.47 Å². The number of nitrogens with zero attached hydrogens (tertiary/aromatic N) is 1. The number of phenolic OH excluding ortho intramolecular Hbond substituents is 4. The molecule has 0 radical (unpaired) electrons. The number of hydrogen-bond acceptors (Lipinski definition) is 10. The van der Waals surface area contributed by atoms with Crippen molar-refractivity contribution in [2.75, 3.05) is 13.1 Å². The maximum Gasteiger partial charge on any atom is 0.331 e. The predicted octanol–water partition coefficient (Wildman–Crippen LogP) is 1.99. The summed E-state index contributed by atoms with van der Waals surface area (Å²) in [6, 6.07) is 6.70. The highest BCUT2D eigenvalue weighted by Crippen LogP contribution is 2.41. The largest absolute Gasteiger partial charge is 0.504 e. The summed E-state index contributed by atoms with van der Waals surface area (Å²) in [7, 11) is 0. The third-order valence-corrected chi connectivity index (χ3v) is 6.47. The van der Waals surface area contributed by atoms with Crippen LogP contribution in [0.4, 0.5) is 0 Å². The summed E-state index contributed by atoms with van der Waals surface area (Å²) in [5.41, 5.74) is -0.557. The van der Waals surface area contributed by atoms with E-state index in [1.54, 1.807) is 4.90 Å². The quantitative estimate of drug-likeness (QED) is 0.209. The highest BCUT2D eigenvalue weighted by molar-refractivity contribution is 5.89. The van der Waals surface area contributed by atoms with Crippen LogP contribution >= 0.6 is 0 Å². The molecule has 2 atom stereocenters. The summed E-state index contributed by atoms with van der Waals surface area (Å²) in [4.78, 5) is 39.1. The van der Waals surface area contributed by atoms with Crippen LogP contribution < -0.4 is 0 Å². The van der Waals surface area contributed by atoms with Gasteiger partial charge in [0.05, 0.1) is 0 Å². The van der Waals surface area contributed by atoms with Crippen molar-refractivity contribution in [3.63, 3.8) is 0 Å². The molecule has 11 nitrogen and oxygen atoms in total. The number of esters is 2. The Kier molecular flexibility index (Phi) is 7.07. The lowest BCUT2D eigenvalue weighted by Crippen LogP contribution is -2.71. The zero-order chi connectivity index (χ0) is 26.7. The Bertz CT molecular complexity index is 1280. The van der Waals surface area contributed by atoms with E-state index < -0.39 is 35.7 Å². The molecule has 0 amide bonds. The van der Waals surface area contributed by atoms with E-state index in [9.17, 15) is 39.9 Å². The van der Waals surface area contributed by atoms with E-state index in [0.29, 0.717) is 24.2 Å². The molecular formula is C26H25NO10. The van der Waals surface area contributed by atoms with Gasteiger partial charge in [-0.3, -0.25) is 9.69 Å². The average Bonchev–Trinajstić information content (AvgIpc) is 2.86. The lowest BCUT2D eigenvalue weighted by molar-refractivity contribution is -0.224. The van der Waals surface area contributed by atoms with Crippen LogP contribution in [0.2, 0.25) is 0 Å². The number of carboxylic acids is 1. The Morgan fingerprint density at radius 2 is 1.32 bits per heavy atom. The molecule has 5 rings (SSSR count). The summed E-state index contributed by atoms with van der Waals surface area (Å²) >= 11 is 0. The first-order chi connectivity index (χ1) is 17.6. The predicted molar refractivity (Wildman–Crippen MR) is 129 cm³/mol. The van der Waals surface area contributed by atoms with E-state index >= 15 is 0 Å². The molecule has 194 valence electrons. The fourth-order valence-corrected chi connectivity index (χ4v) is 4.58. The highest BCUT2D eigenvalue weighted by Gasteiger charge is 2.59. The van der Waals surface area contributed by atoms with Gasteiger partial charge in [-0.15, -0.1) is 0 Å². The number of rotatable bonds is 7. The van der Waals surface area contributed by atoms with Crippen LogP contribution in [0.1, 0.15) is 24.0 Å². The molecule has 0 aromatic heterocycles. The lowest BCUT2D eigenvalue weighted by atomic mass is 9.76. The molecule has 2 aromatic rings. The fourth-order valence-electron chi connectivity index (χ4n) is 4.58. The first-order valence-electron chi connectivity index (χ1n) is 11.4. The monoisotopic (exact) mass is 511 g/mol. The van der Waals surface area contributed by atoms with E-state index in [0.717, 1.165) is 12.2 Å². The smallest absolute Gasteiger partial charge is 0.331 e. The number of ether oxygens (including phenoxy) is 2. The van der Waals surface area contributed by atoms with Crippen molar-refractivity contribution in [2.24, 2.45) is 0 Å². The molecule has 2 bridgehead atoms. The van der Waals surface area contributed by atoms with Crippen LogP contribution in [-0.4, -0.2) is 79.2 Å². The minimum absolute atomic E-state index is 0.254. The van der Waals surface area contributed by atoms with E-state index in [-0.39, 0.29) is 35.8 Å². The molecule has 3 aliphatic heterocycles. The number of carboxylic acid groups (broad SMARTS) is 1. The Morgan fingerprint density at radius 3 is 1.81 bits per heavy atom. The molecule has 3 saturated heterocycles. The molecule has 3 heterocycles. The molecule has 5 N–H and O–H groups in total. The third-order valence-electron chi connectivity index (χ3n) is 6.47. The van der Waals surface area contributed by atoms with Gasteiger partial charge in [-0.05, 0) is 47.5 Å². The highest BCUT2D eigenvalue weighted by atomic mass is 16.6.